The quantitative estimate of drug-likeness (QED) is 0.0195. The fraction of sp³-hybridized carbons (Fsp3) is 0.644. The smallest absolute Gasteiger partial charge is 0.306 e. The van der Waals surface area contributed by atoms with Crippen LogP contribution in [-0.4, -0.2) is 70.0 Å². The molecule has 2 unspecified atom stereocenters. The zero-order chi connectivity index (χ0) is 72.5. The number of carbonyl (C=O) groups is 2. The van der Waals surface area contributed by atoms with Gasteiger partial charge in [0.2, 0.25) is 0 Å². The van der Waals surface area contributed by atoms with Crippen molar-refractivity contribution in [2.45, 2.75) is 328 Å². The molecule has 0 aliphatic heterocycles. The second-order valence-electron chi connectivity index (χ2n) is 27.7. The van der Waals surface area contributed by atoms with Gasteiger partial charge in [0.15, 0.2) is 6.10 Å². The standard InChI is InChI=1S/C90H150NO8P/c1-6-8-10-12-14-16-18-20-22-24-26-28-30-32-34-36-38-40-42-43-44-45-46-47-49-50-52-54-56-58-60-62-64-66-68-70-72-74-76-78-80-82-89(92)96-86-88(87-98-100(94,95)97-85-84-91(3,4)5)99-90(93)83-81-79-77-75-73-71-69-67-65-63-61-59-57-55-53-51-48-41-39-37-35-33-31-29-27-25-23-21-19-17-15-13-11-9-7-2/h8-11,14-17,20-23,26-29,32-35,38-41,43-44,51,53,57,59,88H,6-7,12-13,18-19,24-25,30-31,36-37,42,45-50,52,54-56,58,60-87H2,1-5H3/b10-8-,11-9-,16-14-,17-15-,22-20-,23-21-,28-26-,29-27-,34-32-,35-33-,40-38-,41-39-,44-43-,53-51-,59-57-. The zero-order valence-corrected chi connectivity index (χ0v) is 65.7. The normalized spacial score (nSPS) is 14.0. The molecule has 0 heterocycles. The van der Waals surface area contributed by atoms with Crippen LogP contribution in [0.5, 0.6) is 0 Å². The lowest BCUT2D eigenvalue weighted by molar-refractivity contribution is -0.870. The number of unbranched alkanes of at least 4 members (excludes halogenated alkanes) is 29. The average Bonchev–Trinajstić information content (AvgIpc) is 1.65. The molecular weight excluding hydrogens is 1250 g/mol. The molecule has 10 heteroatoms. The van der Waals surface area contributed by atoms with E-state index in [1.165, 1.54) is 148 Å². The van der Waals surface area contributed by atoms with E-state index in [9.17, 15) is 19.0 Å². The van der Waals surface area contributed by atoms with Crippen LogP contribution in [0.25, 0.3) is 0 Å². The van der Waals surface area contributed by atoms with Gasteiger partial charge in [0.05, 0.1) is 27.7 Å². The third-order valence-corrected chi connectivity index (χ3v) is 17.9. The Labute approximate surface area is 616 Å². The van der Waals surface area contributed by atoms with E-state index in [1.807, 2.05) is 21.1 Å². The van der Waals surface area contributed by atoms with Gasteiger partial charge in [-0.05, 0) is 135 Å². The van der Waals surface area contributed by atoms with Crippen LogP contribution in [0.2, 0.25) is 0 Å². The first-order valence-electron chi connectivity index (χ1n) is 40.5. The van der Waals surface area contributed by atoms with Crippen molar-refractivity contribution >= 4 is 19.8 Å². The van der Waals surface area contributed by atoms with Gasteiger partial charge >= 0.3 is 11.9 Å². The number of quaternary nitrogens is 1. The summed E-state index contributed by atoms with van der Waals surface area (Å²) in [7, 11) is 1.15. The lowest BCUT2D eigenvalue weighted by Crippen LogP contribution is -2.37. The minimum absolute atomic E-state index is 0.0382. The van der Waals surface area contributed by atoms with Gasteiger partial charge in [-0.15, -0.1) is 0 Å². The van der Waals surface area contributed by atoms with Crippen molar-refractivity contribution in [3.05, 3.63) is 182 Å². The molecule has 0 amide bonds. The number of phosphoric acid groups is 1. The number of hydrogen-bond donors (Lipinski definition) is 0. The van der Waals surface area contributed by atoms with E-state index in [4.69, 9.17) is 18.5 Å². The molecule has 9 nitrogen and oxygen atoms in total. The van der Waals surface area contributed by atoms with Gasteiger partial charge in [-0.3, -0.25) is 14.2 Å². The number of esters is 2. The minimum Gasteiger partial charge on any atom is -0.756 e. The third kappa shape index (κ3) is 82.1. The molecule has 0 saturated carbocycles. The molecule has 568 valence electrons. The summed E-state index contributed by atoms with van der Waals surface area (Å²) < 4.78 is 34.4. The Hall–Kier alpha value is -4.89. The molecule has 0 aromatic heterocycles. The summed E-state index contributed by atoms with van der Waals surface area (Å²) in [5, 5.41) is 0. The summed E-state index contributed by atoms with van der Waals surface area (Å²) in [5.74, 6) is -0.838. The maximum absolute atomic E-state index is 12.9. The van der Waals surface area contributed by atoms with Gasteiger partial charge in [0.1, 0.15) is 19.8 Å². The molecule has 0 radical (unpaired) electrons. The molecular formula is C90H150NO8P. The van der Waals surface area contributed by atoms with Gasteiger partial charge in [0.25, 0.3) is 7.82 Å². The minimum atomic E-state index is -4.66. The van der Waals surface area contributed by atoms with Gasteiger partial charge in [-0.25, -0.2) is 0 Å². The molecule has 0 rings (SSSR count). The van der Waals surface area contributed by atoms with Crippen molar-refractivity contribution in [2.75, 3.05) is 47.5 Å². The highest BCUT2D eigenvalue weighted by Crippen LogP contribution is 2.38. The summed E-state index contributed by atoms with van der Waals surface area (Å²) in [5.41, 5.74) is 0. The fourth-order valence-corrected chi connectivity index (χ4v) is 11.6. The van der Waals surface area contributed by atoms with Crippen LogP contribution in [0.4, 0.5) is 0 Å². The van der Waals surface area contributed by atoms with E-state index in [0.717, 1.165) is 141 Å². The van der Waals surface area contributed by atoms with Crippen molar-refractivity contribution in [3.8, 4) is 0 Å². The van der Waals surface area contributed by atoms with Gasteiger partial charge < -0.3 is 27.9 Å². The van der Waals surface area contributed by atoms with Crippen LogP contribution in [0, 0.1) is 0 Å². The van der Waals surface area contributed by atoms with Crippen molar-refractivity contribution < 1.29 is 42.1 Å². The van der Waals surface area contributed by atoms with Crippen molar-refractivity contribution in [3.63, 3.8) is 0 Å². The molecule has 0 aromatic carbocycles. The molecule has 2 atom stereocenters. The molecule has 100 heavy (non-hydrogen) atoms. The molecule has 0 aromatic rings. The van der Waals surface area contributed by atoms with Gasteiger partial charge in [-0.2, -0.15) is 0 Å². The lowest BCUT2D eigenvalue weighted by atomic mass is 10.0. The predicted octanol–water partition coefficient (Wildman–Crippen LogP) is 26.8. The van der Waals surface area contributed by atoms with E-state index < -0.39 is 26.5 Å². The Kier molecular flexibility index (Phi) is 74.4. The first-order chi connectivity index (χ1) is 49.0. The summed E-state index contributed by atoms with van der Waals surface area (Å²) in [6.45, 7) is 4.02. The van der Waals surface area contributed by atoms with Crippen molar-refractivity contribution in [2.24, 2.45) is 0 Å². The fourth-order valence-electron chi connectivity index (χ4n) is 10.8. The predicted molar refractivity (Wildman–Crippen MR) is 433 cm³/mol. The highest BCUT2D eigenvalue weighted by Gasteiger charge is 2.22. The summed E-state index contributed by atoms with van der Waals surface area (Å²) in [6.07, 6.45) is 120. The topological polar surface area (TPSA) is 111 Å². The van der Waals surface area contributed by atoms with E-state index in [0.29, 0.717) is 17.4 Å². The molecule has 0 aliphatic carbocycles. The van der Waals surface area contributed by atoms with Crippen molar-refractivity contribution in [1.29, 1.82) is 0 Å². The largest absolute Gasteiger partial charge is 0.756 e. The number of hydrogen-bond acceptors (Lipinski definition) is 8. The summed E-state index contributed by atoms with van der Waals surface area (Å²) >= 11 is 0. The number of nitrogens with zero attached hydrogens (tertiary/aromatic N) is 1. The van der Waals surface area contributed by atoms with Crippen LogP contribution in [0.1, 0.15) is 322 Å². The number of ether oxygens (including phenoxy) is 2. The first kappa shape index (κ1) is 95.1. The first-order valence-corrected chi connectivity index (χ1v) is 42.0. The molecule has 0 saturated heterocycles. The number of rotatable bonds is 73. The molecule has 0 fully saturated rings. The van der Waals surface area contributed by atoms with E-state index in [2.05, 4.69) is 196 Å². The second-order valence-corrected chi connectivity index (χ2v) is 29.1. The highest BCUT2D eigenvalue weighted by atomic mass is 31.2. The number of likely N-dealkylation sites (N-methyl/N-ethyl adjacent to an activating group) is 1. The molecule has 0 bridgehead atoms. The summed E-state index contributed by atoms with van der Waals surface area (Å²) in [4.78, 5) is 38.2. The molecule has 0 spiro atoms. The summed E-state index contributed by atoms with van der Waals surface area (Å²) in [6, 6.07) is 0. The van der Waals surface area contributed by atoms with Gasteiger partial charge in [-0.1, -0.05) is 357 Å². The number of carbonyl (C=O) groups excluding carboxylic acids is 2. The maximum Gasteiger partial charge on any atom is 0.306 e. The Morgan fingerprint density at radius 1 is 0.310 bits per heavy atom. The number of phosphoric ester groups is 1. The van der Waals surface area contributed by atoms with Crippen LogP contribution in [0.15, 0.2) is 182 Å². The van der Waals surface area contributed by atoms with E-state index in [1.54, 1.807) is 0 Å². The Bertz CT molecular complexity index is 2350. The Balaban J connectivity index is 4.01. The van der Waals surface area contributed by atoms with Crippen molar-refractivity contribution in [1.82, 2.24) is 0 Å². The Morgan fingerprint density at radius 2 is 0.540 bits per heavy atom. The van der Waals surface area contributed by atoms with Crippen LogP contribution in [-0.2, 0) is 32.7 Å². The maximum atomic E-state index is 12.9. The van der Waals surface area contributed by atoms with E-state index >= 15 is 0 Å². The molecule has 0 aliphatic rings. The van der Waals surface area contributed by atoms with Crippen LogP contribution >= 0.6 is 7.82 Å². The molecule has 0 N–H and O–H groups in total. The van der Waals surface area contributed by atoms with Crippen LogP contribution in [0.3, 0.4) is 0 Å². The van der Waals surface area contributed by atoms with E-state index in [-0.39, 0.29) is 32.0 Å². The monoisotopic (exact) mass is 1400 g/mol. The van der Waals surface area contributed by atoms with Gasteiger partial charge in [0, 0.05) is 12.8 Å². The average molecular weight is 1410 g/mol. The zero-order valence-electron chi connectivity index (χ0n) is 64.8. The third-order valence-electron chi connectivity index (χ3n) is 16.9. The van der Waals surface area contributed by atoms with Crippen LogP contribution < -0.4 is 4.89 Å². The lowest BCUT2D eigenvalue weighted by Gasteiger charge is -2.28. The number of allylic oxidation sites excluding steroid dienone is 30. The second kappa shape index (κ2) is 78.3. The Morgan fingerprint density at radius 3 is 0.800 bits per heavy atom. The SMILES string of the molecule is CC/C=C\C/C=C\C/C=C\C/C=C\C/C=C\C/C=C\C/C=C\C/C=C\CCCCCCCCCCCCC(=O)OC(COC(=O)CCCCCCCCCCCCCCCCCCCCC/C=C\C/C=C\C/C=C\C/C=C\C/C=C\C/C=C\C/C=C\CC)COP(=O)([O-])OCC[N+](C)(C)C. The highest BCUT2D eigenvalue weighted by molar-refractivity contribution is 7.45.